The Morgan fingerprint density at radius 2 is 1.92 bits per heavy atom. The molecule has 1 nitrogen and oxygen atoms in total. The molecule has 1 heteroatoms. The topological polar surface area (TPSA) is 15.8 Å². The maximum absolute atomic E-state index is 3.19. The van der Waals surface area contributed by atoms with E-state index in [0.29, 0.717) is 0 Å². The maximum Gasteiger partial charge on any atom is 0.00403 e. The van der Waals surface area contributed by atoms with E-state index in [1.54, 1.807) is 0 Å². The van der Waals surface area contributed by atoms with Gasteiger partial charge in [-0.05, 0) is 29.9 Å². The lowest BCUT2D eigenvalue weighted by Crippen LogP contribution is -1.95. The molecule has 68 valence electrons. The molecule has 1 heterocycles. The normalized spacial score (nSPS) is 11.0. The van der Waals surface area contributed by atoms with Crippen molar-refractivity contribution in [3.05, 3.63) is 23.5 Å². The van der Waals surface area contributed by atoms with E-state index in [0.717, 1.165) is 5.92 Å². The van der Waals surface area contributed by atoms with Crippen LogP contribution in [0.1, 0.15) is 38.3 Å². The minimum atomic E-state index is 0.761. The highest BCUT2D eigenvalue weighted by Gasteiger charge is 2.04. The van der Waals surface area contributed by atoms with Crippen LogP contribution in [0.4, 0.5) is 0 Å². The molecule has 0 fully saturated rings. The van der Waals surface area contributed by atoms with Gasteiger partial charge in [0.15, 0.2) is 0 Å². The largest absolute Gasteiger partial charge is 0.367 e. The van der Waals surface area contributed by atoms with Gasteiger partial charge in [-0.2, -0.15) is 0 Å². The number of aromatic nitrogens is 1. The van der Waals surface area contributed by atoms with Gasteiger partial charge in [-0.1, -0.05) is 27.2 Å². The van der Waals surface area contributed by atoms with Gasteiger partial charge in [0.2, 0.25) is 0 Å². The molecule has 1 rings (SSSR count). The molecule has 0 aliphatic carbocycles. The van der Waals surface area contributed by atoms with Gasteiger partial charge in [-0.3, -0.25) is 0 Å². The van der Waals surface area contributed by atoms with Gasteiger partial charge >= 0.3 is 0 Å². The summed E-state index contributed by atoms with van der Waals surface area (Å²) in [7, 11) is 0. The number of aryl methyl sites for hydroxylation is 1. The van der Waals surface area contributed by atoms with Crippen molar-refractivity contribution in [1.29, 1.82) is 0 Å². The summed E-state index contributed by atoms with van der Waals surface area (Å²) in [5.41, 5.74) is 3.01. The van der Waals surface area contributed by atoms with E-state index >= 15 is 0 Å². The fraction of sp³-hybridized carbons (Fsp3) is 0.636. The van der Waals surface area contributed by atoms with Crippen molar-refractivity contribution in [2.24, 2.45) is 5.92 Å². The van der Waals surface area contributed by atoms with Crippen LogP contribution >= 0.6 is 0 Å². The number of aromatic amines is 1. The molecular weight excluding hydrogens is 146 g/mol. The second-order valence-corrected chi connectivity index (χ2v) is 3.85. The zero-order valence-electron chi connectivity index (χ0n) is 8.35. The molecule has 0 aliphatic rings. The number of hydrogen-bond donors (Lipinski definition) is 1. The Morgan fingerprint density at radius 3 is 2.50 bits per heavy atom. The van der Waals surface area contributed by atoms with E-state index in [-0.39, 0.29) is 0 Å². The maximum atomic E-state index is 3.19. The van der Waals surface area contributed by atoms with Crippen LogP contribution in [0, 0.1) is 5.92 Å². The standard InChI is InChI=1S/C11H19N/c1-4-5-10-7-12-8-11(10)6-9(2)3/h7-9,12H,4-6H2,1-3H3. The van der Waals surface area contributed by atoms with Crippen LogP contribution in [0.2, 0.25) is 0 Å². The molecule has 0 spiro atoms. The Morgan fingerprint density at radius 1 is 1.25 bits per heavy atom. The lowest BCUT2D eigenvalue weighted by Gasteiger charge is -2.04. The SMILES string of the molecule is CCCc1c[nH]cc1CC(C)C. The van der Waals surface area contributed by atoms with Crippen molar-refractivity contribution in [2.45, 2.75) is 40.0 Å². The lowest BCUT2D eigenvalue weighted by molar-refractivity contribution is 0.643. The highest BCUT2D eigenvalue weighted by molar-refractivity contribution is 5.23. The predicted octanol–water partition coefficient (Wildman–Crippen LogP) is 3.17. The molecule has 0 saturated carbocycles. The molecule has 0 radical (unpaired) electrons. The number of rotatable bonds is 4. The van der Waals surface area contributed by atoms with Crippen LogP contribution in [0.25, 0.3) is 0 Å². The first-order valence-electron chi connectivity index (χ1n) is 4.88. The van der Waals surface area contributed by atoms with Crippen molar-refractivity contribution in [3.63, 3.8) is 0 Å². The van der Waals surface area contributed by atoms with Crippen LogP contribution < -0.4 is 0 Å². The summed E-state index contributed by atoms with van der Waals surface area (Å²) in [5.74, 6) is 0.761. The Labute approximate surface area is 75.2 Å². The molecule has 0 atom stereocenters. The first-order valence-corrected chi connectivity index (χ1v) is 4.88. The molecule has 1 aromatic heterocycles. The Balaban J connectivity index is 2.63. The summed E-state index contributed by atoms with van der Waals surface area (Å²) >= 11 is 0. The summed E-state index contributed by atoms with van der Waals surface area (Å²) in [4.78, 5) is 3.19. The van der Waals surface area contributed by atoms with E-state index in [1.165, 1.54) is 30.4 Å². The van der Waals surface area contributed by atoms with Gasteiger partial charge in [-0.15, -0.1) is 0 Å². The van der Waals surface area contributed by atoms with Crippen LogP contribution in [-0.2, 0) is 12.8 Å². The molecule has 1 aromatic rings. The Bertz CT molecular complexity index is 223. The number of nitrogens with one attached hydrogen (secondary N) is 1. The Hall–Kier alpha value is -0.720. The van der Waals surface area contributed by atoms with Gasteiger partial charge in [0, 0.05) is 12.4 Å². The molecule has 12 heavy (non-hydrogen) atoms. The molecule has 0 unspecified atom stereocenters. The lowest BCUT2D eigenvalue weighted by atomic mass is 10.0. The fourth-order valence-electron chi connectivity index (χ4n) is 1.56. The van der Waals surface area contributed by atoms with E-state index in [4.69, 9.17) is 0 Å². The first kappa shape index (κ1) is 9.37. The summed E-state index contributed by atoms with van der Waals surface area (Å²) in [6, 6.07) is 0. The number of hydrogen-bond acceptors (Lipinski definition) is 0. The molecule has 1 N–H and O–H groups in total. The van der Waals surface area contributed by atoms with Crippen molar-refractivity contribution in [3.8, 4) is 0 Å². The highest BCUT2D eigenvalue weighted by Crippen LogP contribution is 2.14. The third kappa shape index (κ3) is 2.40. The van der Waals surface area contributed by atoms with Crippen LogP contribution in [0.15, 0.2) is 12.4 Å². The highest BCUT2D eigenvalue weighted by atomic mass is 14.6. The first-order chi connectivity index (χ1) is 5.74. The van der Waals surface area contributed by atoms with Gasteiger partial charge in [0.25, 0.3) is 0 Å². The average molecular weight is 165 g/mol. The molecule has 0 saturated heterocycles. The van der Waals surface area contributed by atoms with Crippen molar-refractivity contribution in [2.75, 3.05) is 0 Å². The summed E-state index contributed by atoms with van der Waals surface area (Å²) in [6.45, 7) is 6.76. The fourth-order valence-corrected chi connectivity index (χ4v) is 1.56. The average Bonchev–Trinajstić information content (AvgIpc) is 2.37. The van der Waals surface area contributed by atoms with Gasteiger partial charge in [0.1, 0.15) is 0 Å². The monoisotopic (exact) mass is 165 g/mol. The van der Waals surface area contributed by atoms with Gasteiger partial charge in [-0.25, -0.2) is 0 Å². The zero-order valence-corrected chi connectivity index (χ0v) is 8.35. The summed E-state index contributed by atoms with van der Waals surface area (Å²) in [6.07, 6.45) is 7.94. The quantitative estimate of drug-likeness (QED) is 0.705. The van der Waals surface area contributed by atoms with Crippen molar-refractivity contribution in [1.82, 2.24) is 4.98 Å². The van der Waals surface area contributed by atoms with Crippen molar-refractivity contribution >= 4 is 0 Å². The Kier molecular flexibility index (Phi) is 3.39. The van der Waals surface area contributed by atoms with E-state index in [2.05, 4.69) is 38.1 Å². The third-order valence-electron chi connectivity index (χ3n) is 2.08. The predicted molar refractivity (Wildman–Crippen MR) is 53.3 cm³/mol. The second kappa shape index (κ2) is 4.34. The van der Waals surface area contributed by atoms with E-state index < -0.39 is 0 Å². The molecule has 0 bridgehead atoms. The molecule has 0 aliphatic heterocycles. The minimum Gasteiger partial charge on any atom is -0.367 e. The van der Waals surface area contributed by atoms with E-state index in [9.17, 15) is 0 Å². The molecule has 0 aromatic carbocycles. The van der Waals surface area contributed by atoms with E-state index in [1.807, 2.05) is 0 Å². The van der Waals surface area contributed by atoms with Crippen LogP contribution in [-0.4, -0.2) is 4.98 Å². The van der Waals surface area contributed by atoms with Crippen LogP contribution in [0.5, 0.6) is 0 Å². The molecular formula is C11H19N. The summed E-state index contributed by atoms with van der Waals surface area (Å²) < 4.78 is 0. The minimum absolute atomic E-state index is 0.761. The van der Waals surface area contributed by atoms with Gasteiger partial charge < -0.3 is 4.98 Å². The van der Waals surface area contributed by atoms with Crippen LogP contribution in [0.3, 0.4) is 0 Å². The van der Waals surface area contributed by atoms with Crippen molar-refractivity contribution < 1.29 is 0 Å². The summed E-state index contributed by atoms with van der Waals surface area (Å²) in [5, 5.41) is 0. The smallest absolute Gasteiger partial charge is 0.00403 e. The van der Waals surface area contributed by atoms with Gasteiger partial charge in [0.05, 0.1) is 0 Å². The zero-order chi connectivity index (χ0) is 8.97. The third-order valence-corrected chi connectivity index (χ3v) is 2.08. The second-order valence-electron chi connectivity index (χ2n) is 3.85. The molecule has 0 amide bonds. The number of H-pyrrole nitrogens is 1.